The summed E-state index contributed by atoms with van der Waals surface area (Å²) in [6.07, 6.45) is 4.09. The number of carbonyl (C=O) groups excluding carboxylic acids is 2. The highest BCUT2D eigenvalue weighted by molar-refractivity contribution is 6.30. The summed E-state index contributed by atoms with van der Waals surface area (Å²) in [6, 6.07) is 1.56. The average molecular weight is 268 g/mol. The predicted molar refractivity (Wildman–Crippen MR) is 67.4 cm³/mol. The second-order valence-electron chi connectivity index (χ2n) is 4.38. The molecule has 0 spiro atoms. The van der Waals surface area contributed by atoms with E-state index in [1.165, 1.54) is 12.4 Å². The van der Waals surface area contributed by atoms with Crippen molar-refractivity contribution in [2.45, 2.75) is 18.9 Å². The van der Waals surface area contributed by atoms with E-state index in [-0.39, 0.29) is 17.9 Å². The highest BCUT2D eigenvalue weighted by Gasteiger charge is 2.24. The van der Waals surface area contributed by atoms with Crippen molar-refractivity contribution in [3.63, 3.8) is 0 Å². The summed E-state index contributed by atoms with van der Waals surface area (Å²) in [7, 11) is 1.74. The maximum absolute atomic E-state index is 11.9. The Balaban J connectivity index is 1.98. The molecule has 1 aromatic heterocycles. The minimum Gasteiger partial charge on any atom is -0.347 e. The van der Waals surface area contributed by atoms with Crippen molar-refractivity contribution in [2.24, 2.45) is 0 Å². The van der Waals surface area contributed by atoms with Crippen LogP contribution in [-0.2, 0) is 4.79 Å². The van der Waals surface area contributed by atoms with E-state index in [0.717, 1.165) is 0 Å². The van der Waals surface area contributed by atoms with Crippen LogP contribution in [0, 0.1) is 0 Å². The van der Waals surface area contributed by atoms with Gasteiger partial charge < -0.3 is 10.2 Å². The lowest BCUT2D eigenvalue weighted by atomic mass is 10.1. The number of halogens is 1. The van der Waals surface area contributed by atoms with Crippen LogP contribution in [-0.4, -0.2) is 41.3 Å². The van der Waals surface area contributed by atoms with E-state index in [1.807, 2.05) is 0 Å². The Morgan fingerprint density at radius 3 is 3.00 bits per heavy atom. The van der Waals surface area contributed by atoms with E-state index in [4.69, 9.17) is 11.6 Å². The van der Waals surface area contributed by atoms with Crippen LogP contribution in [0.3, 0.4) is 0 Å². The third-order valence-corrected chi connectivity index (χ3v) is 3.14. The molecule has 0 bridgehead atoms. The van der Waals surface area contributed by atoms with Crippen LogP contribution < -0.4 is 5.32 Å². The second-order valence-corrected chi connectivity index (χ2v) is 4.81. The number of likely N-dealkylation sites (N-methyl/N-ethyl adjacent to an activating group) is 1. The van der Waals surface area contributed by atoms with Gasteiger partial charge in [0.15, 0.2) is 0 Å². The van der Waals surface area contributed by atoms with Gasteiger partial charge in [0.05, 0.1) is 10.6 Å². The Morgan fingerprint density at radius 2 is 2.33 bits per heavy atom. The van der Waals surface area contributed by atoms with E-state index in [1.54, 1.807) is 18.0 Å². The molecule has 0 aromatic carbocycles. The first-order valence-electron chi connectivity index (χ1n) is 5.71. The standard InChI is InChI=1S/C12H14ClN3O2/c1-16-7-10(2-3-11(16)17)15-12(18)8-4-9(13)6-14-5-8/h4-6,10H,2-3,7H2,1H3,(H,15,18)/t10-/m0/s1. The Labute approximate surface area is 110 Å². The normalized spacial score (nSPS) is 19.8. The molecule has 5 nitrogen and oxygen atoms in total. The lowest BCUT2D eigenvalue weighted by Crippen LogP contribution is -2.48. The lowest BCUT2D eigenvalue weighted by molar-refractivity contribution is -0.132. The number of hydrogen-bond acceptors (Lipinski definition) is 3. The van der Waals surface area contributed by atoms with E-state index in [9.17, 15) is 9.59 Å². The second kappa shape index (κ2) is 5.35. The maximum Gasteiger partial charge on any atom is 0.253 e. The number of hydrogen-bond donors (Lipinski definition) is 1. The number of rotatable bonds is 2. The number of amides is 2. The van der Waals surface area contributed by atoms with Crippen LogP contribution >= 0.6 is 11.6 Å². The molecule has 18 heavy (non-hydrogen) atoms. The van der Waals surface area contributed by atoms with Gasteiger partial charge in [-0.2, -0.15) is 0 Å². The first kappa shape index (κ1) is 12.8. The molecule has 0 unspecified atom stereocenters. The molecule has 0 saturated carbocycles. The molecule has 6 heteroatoms. The molecule has 2 heterocycles. The molecule has 0 aliphatic carbocycles. The Hall–Kier alpha value is -1.62. The van der Waals surface area contributed by atoms with Gasteiger partial charge in [-0.15, -0.1) is 0 Å². The zero-order valence-electron chi connectivity index (χ0n) is 10.0. The number of likely N-dealkylation sites (tertiary alicyclic amines) is 1. The average Bonchev–Trinajstić information content (AvgIpc) is 2.34. The molecule has 0 radical (unpaired) electrons. The third kappa shape index (κ3) is 2.98. The first-order chi connectivity index (χ1) is 8.56. The third-order valence-electron chi connectivity index (χ3n) is 2.93. The molecular weight excluding hydrogens is 254 g/mol. The highest BCUT2D eigenvalue weighted by Crippen LogP contribution is 2.12. The van der Waals surface area contributed by atoms with Gasteiger partial charge in [0, 0.05) is 38.4 Å². The van der Waals surface area contributed by atoms with E-state index < -0.39 is 0 Å². The fourth-order valence-electron chi connectivity index (χ4n) is 1.93. The van der Waals surface area contributed by atoms with Crippen LogP contribution in [0.25, 0.3) is 0 Å². The number of piperidine rings is 1. The summed E-state index contributed by atoms with van der Waals surface area (Å²) in [5, 5.41) is 3.31. The van der Waals surface area contributed by atoms with Crippen molar-refractivity contribution in [1.82, 2.24) is 15.2 Å². The number of aromatic nitrogens is 1. The van der Waals surface area contributed by atoms with Gasteiger partial charge in [0.2, 0.25) is 5.91 Å². The van der Waals surface area contributed by atoms with Crippen molar-refractivity contribution in [1.29, 1.82) is 0 Å². The minimum atomic E-state index is -0.210. The number of carbonyl (C=O) groups is 2. The molecule has 1 aliphatic rings. The van der Waals surface area contributed by atoms with Gasteiger partial charge in [-0.25, -0.2) is 0 Å². The quantitative estimate of drug-likeness (QED) is 0.872. The zero-order valence-corrected chi connectivity index (χ0v) is 10.8. The molecule has 1 saturated heterocycles. The van der Waals surface area contributed by atoms with Crippen LogP contribution in [0.15, 0.2) is 18.5 Å². The van der Waals surface area contributed by atoms with Gasteiger partial charge in [-0.1, -0.05) is 11.6 Å². The Bertz CT molecular complexity index is 478. The Kier molecular flexibility index (Phi) is 3.81. The van der Waals surface area contributed by atoms with E-state index >= 15 is 0 Å². The summed E-state index contributed by atoms with van der Waals surface area (Å²) in [4.78, 5) is 28.8. The van der Waals surface area contributed by atoms with Gasteiger partial charge in [0.1, 0.15) is 0 Å². The molecule has 2 rings (SSSR count). The van der Waals surface area contributed by atoms with Crippen LogP contribution in [0.1, 0.15) is 23.2 Å². The van der Waals surface area contributed by atoms with Crippen LogP contribution in [0.4, 0.5) is 0 Å². The predicted octanol–water partition coefficient (Wildman–Crippen LogP) is 1.09. The van der Waals surface area contributed by atoms with Crippen LogP contribution in [0.5, 0.6) is 0 Å². The van der Waals surface area contributed by atoms with Crippen molar-refractivity contribution in [3.8, 4) is 0 Å². The lowest BCUT2D eigenvalue weighted by Gasteiger charge is -2.30. The number of nitrogens with one attached hydrogen (secondary N) is 1. The maximum atomic E-state index is 11.9. The fraction of sp³-hybridized carbons (Fsp3) is 0.417. The molecule has 1 aliphatic heterocycles. The largest absolute Gasteiger partial charge is 0.347 e. The molecule has 1 atom stereocenters. The van der Waals surface area contributed by atoms with Gasteiger partial charge in [0.25, 0.3) is 5.91 Å². The SMILES string of the molecule is CN1C[C@@H](NC(=O)c2cncc(Cl)c2)CCC1=O. The van der Waals surface area contributed by atoms with Gasteiger partial charge in [-0.3, -0.25) is 14.6 Å². The Morgan fingerprint density at radius 1 is 1.56 bits per heavy atom. The molecule has 1 fully saturated rings. The summed E-state index contributed by atoms with van der Waals surface area (Å²) < 4.78 is 0. The molecule has 1 N–H and O–H groups in total. The smallest absolute Gasteiger partial charge is 0.253 e. The summed E-state index contributed by atoms with van der Waals surface area (Å²) in [5.41, 5.74) is 0.432. The molecule has 96 valence electrons. The van der Waals surface area contributed by atoms with Crippen molar-refractivity contribution in [3.05, 3.63) is 29.0 Å². The first-order valence-corrected chi connectivity index (χ1v) is 6.09. The zero-order chi connectivity index (χ0) is 13.1. The van der Waals surface area contributed by atoms with Crippen molar-refractivity contribution in [2.75, 3.05) is 13.6 Å². The van der Waals surface area contributed by atoms with Crippen LogP contribution in [0.2, 0.25) is 5.02 Å². The number of nitrogens with zero attached hydrogens (tertiary/aromatic N) is 2. The van der Waals surface area contributed by atoms with Crippen molar-refractivity contribution >= 4 is 23.4 Å². The van der Waals surface area contributed by atoms with E-state index in [0.29, 0.717) is 30.0 Å². The summed E-state index contributed by atoms with van der Waals surface area (Å²) in [5.74, 6) is -0.0947. The minimum absolute atomic E-state index is 0.0146. The topological polar surface area (TPSA) is 62.3 Å². The molecular formula is C12H14ClN3O2. The number of pyridine rings is 1. The van der Waals surface area contributed by atoms with Gasteiger partial charge in [-0.05, 0) is 12.5 Å². The van der Waals surface area contributed by atoms with Gasteiger partial charge >= 0.3 is 0 Å². The van der Waals surface area contributed by atoms with Crippen molar-refractivity contribution < 1.29 is 9.59 Å². The molecule has 2 amide bonds. The summed E-state index contributed by atoms with van der Waals surface area (Å²) >= 11 is 5.78. The fourth-order valence-corrected chi connectivity index (χ4v) is 2.11. The monoisotopic (exact) mass is 267 g/mol. The highest BCUT2D eigenvalue weighted by atomic mass is 35.5. The molecule has 1 aromatic rings. The summed E-state index contributed by atoms with van der Waals surface area (Å²) in [6.45, 7) is 0.540. The van der Waals surface area contributed by atoms with E-state index in [2.05, 4.69) is 10.3 Å².